The summed E-state index contributed by atoms with van der Waals surface area (Å²) in [6.45, 7) is 9.74. The van der Waals surface area contributed by atoms with Gasteiger partial charge in [0.1, 0.15) is 5.69 Å². The molecule has 2 N–H and O–H groups in total. The molecule has 1 aliphatic rings. The molecule has 2 aromatic heterocycles. The molecule has 0 fully saturated rings. The topological polar surface area (TPSA) is 104 Å². The molecule has 3 heterocycles. The highest BCUT2D eigenvalue weighted by atomic mass is 19.1. The van der Waals surface area contributed by atoms with Crippen LogP contribution in [0.5, 0.6) is 0 Å². The molecule has 0 unspecified atom stereocenters. The largest absolute Gasteiger partial charge is 0.377 e. The number of nitrogens with one attached hydrogen (secondary N) is 2. The van der Waals surface area contributed by atoms with Crippen molar-refractivity contribution in [3.63, 3.8) is 0 Å². The predicted molar refractivity (Wildman–Crippen MR) is 129 cm³/mol. The highest BCUT2D eigenvalue weighted by Gasteiger charge is 2.25. The molecule has 2 aromatic rings. The van der Waals surface area contributed by atoms with Crippen molar-refractivity contribution < 1.29 is 9.13 Å². The smallest absolute Gasteiger partial charge is 0.261 e. The molecule has 2 atom stereocenters. The van der Waals surface area contributed by atoms with Crippen molar-refractivity contribution >= 4 is 11.2 Å². The second-order valence-electron chi connectivity index (χ2n) is 8.15. The number of methoxy groups -OCH3 is 1. The predicted octanol–water partition coefficient (Wildman–Crippen LogP) is 3.54. The summed E-state index contributed by atoms with van der Waals surface area (Å²) in [4.78, 5) is 22.4. The van der Waals surface area contributed by atoms with E-state index in [9.17, 15) is 9.18 Å². The van der Waals surface area contributed by atoms with E-state index in [0.29, 0.717) is 36.2 Å². The number of allylic oxidation sites excluding steroid dienone is 4. The van der Waals surface area contributed by atoms with E-state index in [0.717, 1.165) is 12.0 Å². The normalized spacial score (nSPS) is 15.8. The number of nitriles is 1. The minimum absolute atomic E-state index is 0.0676. The van der Waals surface area contributed by atoms with E-state index < -0.39 is 0 Å². The second kappa shape index (κ2) is 11.0. The first-order chi connectivity index (χ1) is 16.3. The zero-order chi connectivity index (χ0) is 24.8. The minimum Gasteiger partial charge on any atom is -0.377 e. The Balaban J connectivity index is 2.18. The van der Waals surface area contributed by atoms with Gasteiger partial charge in [-0.15, -0.1) is 0 Å². The van der Waals surface area contributed by atoms with Gasteiger partial charge >= 0.3 is 0 Å². The number of hydrazine groups is 1. The first-order valence-electron chi connectivity index (χ1n) is 11.0. The van der Waals surface area contributed by atoms with E-state index in [1.165, 1.54) is 16.6 Å². The third kappa shape index (κ3) is 5.14. The number of hydrogen-bond donors (Lipinski definition) is 2. The Kier molecular flexibility index (Phi) is 8.10. The summed E-state index contributed by atoms with van der Waals surface area (Å²) in [6.07, 6.45) is 8.00. The zero-order valence-corrected chi connectivity index (χ0v) is 19.9. The molecule has 0 bridgehead atoms. The first kappa shape index (κ1) is 25.0. The lowest BCUT2D eigenvalue weighted by Crippen LogP contribution is -2.25. The third-order valence-corrected chi connectivity index (χ3v) is 6.06. The molecule has 3 rings (SSSR count). The van der Waals surface area contributed by atoms with Crippen LogP contribution in [-0.2, 0) is 4.74 Å². The van der Waals surface area contributed by atoms with Crippen LogP contribution in [0.2, 0.25) is 0 Å². The molecule has 0 aliphatic carbocycles. The van der Waals surface area contributed by atoms with Crippen LogP contribution < -0.4 is 16.4 Å². The van der Waals surface area contributed by atoms with Crippen molar-refractivity contribution in [1.29, 1.82) is 5.26 Å². The van der Waals surface area contributed by atoms with Crippen LogP contribution in [0.25, 0.3) is 11.2 Å². The van der Waals surface area contributed by atoms with Crippen LogP contribution in [0.1, 0.15) is 48.3 Å². The number of ether oxygens (including phenoxy) is 1. The van der Waals surface area contributed by atoms with E-state index in [1.54, 1.807) is 27.2 Å². The maximum Gasteiger partial charge on any atom is 0.261 e. The number of aromatic nitrogens is 3. The van der Waals surface area contributed by atoms with E-state index in [4.69, 9.17) is 15.0 Å². The second-order valence-corrected chi connectivity index (χ2v) is 8.15. The van der Waals surface area contributed by atoms with E-state index in [1.807, 2.05) is 19.2 Å². The number of nitrogens with zero attached hydrogens (tertiary/aromatic N) is 4. The summed E-state index contributed by atoms with van der Waals surface area (Å²) >= 11 is 0. The van der Waals surface area contributed by atoms with Crippen LogP contribution >= 0.6 is 0 Å². The van der Waals surface area contributed by atoms with Crippen molar-refractivity contribution in [2.24, 2.45) is 0 Å². The lowest BCUT2D eigenvalue weighted by atomic mass is 9.92. The maximum atomic E-state index is 14.1. The number of halogens is 1. The van der Waals surface area contributed by atoms with Gasteiger partial charge in [-0.05, 0) is 44.4 Å². The molecule has 178 valence electrons. The van der Waals surface area contributed by atoms with Crippen LogP contribution in [0.15, 0.2) is 53.4 Å². The average molecular weight is 465 g/mol. The molecule has 0 saturated heterocycles. The molecule has 0 radical (unpaired) electrons. The van der Waals surface area contributed by atoms with Gasteiger partial charge in [-0.2, -0.15) is 5.26 Å². The highest BCUT2D eigenvalue weighted by Crippen LogP contribution is 2.29. The van der Waals surface area contributed by atoms with Gasteiger partial charge in [-0.3, -0.25) is 9.20 Å². The molecule has 34 heavy (non-hydrogen) atoms. The average Bonchev–Trinajstić information content (AvgIpc) is 3.38. The SMILES string of the molecule is C=C(C#N)/C=C\C(=C\F)c1nc([C@H](CC)C[C@H](OC)C2=CNNC2)cn2c(=O)c(C)c(C)nc12. The van der Waals surface area contributed by atoms with Gasteiger partial charge in [0.15, 0.2) is 5.65 Å². The van der Waals surface area contributed by atoms with Crippen LogP contribution in [0.3, 0.4) is 0 Å². The number of fused-ring (bicyclic) bond motifs is 1. The summed E-state index contributed by atoms with van der Waals surface area (Å²) in [5.41, 5.74) is 9.27. The molecular formula is C25H29FN6O2. The molecule has 0 amide bonds. The Morgan fingerprint density at radius 2 is 2.18 bits per heavy atom. The van der Waals surface area contributed by atoms with Gasteiger partial charge in [0, 0.05) is 54.4 Å². The molecule has 9 heteroatoms. The Labute approximate surface area is 198 Å². The monoisotopic (exact) mass is 464 g/mol. The fourth-order valence-corrected chi connectivity index (χ4v) is 3.85. The molecule has 0 saturated carbocycles. The van der Waals surface area contributed by atoms with E-state index >= 15 is 0 Å². The molecular weight excluding hydrogens is 435 g/mol. The van der Waals surface area contributed by atoms with Gasteiger partial charge in [0.25, 0.3) is 5.56 Å². The minimum atomic E-state index is -0.235. The lowest BCUT2D eigenvalue weighted by molar-refractivity contribution is 0.115. The maximum absolute atomic E-state index is 14.1. The van der Waals surface area contributed by atoms with Gasteiger partial charge < -0.3 is 10.2 Å². The summed E-state index contributed by atoms with van der Waals surface area (Å²) in [5.74, 6) is -0.0676. The highest BCUT2D eigenvalue weighted by molar-refractivity contribution is 5.79. The van der Waals surface area contributed by atoms with E-state index in [-0.39, 0.29) is 40.1 Å². The Morgan fingerprint density at radius 3 is 2.76 bits per heavy atom. The quantitative estimate of drug-likeness (QED) is 0.432. The van der Waals surface area contributed by atoms with Crippen LogP contribution in [0.4, 0.5) is 4.39 Å². The van der Waals surface area contributed by atoms with Gasteiger partial charge in [-0.25, -0.2) is 19.8 Å². The van der Waals surface area contributed by atoms with Gasteiger partial charge in [0.05, 0.1) is 24.2 Å². The molecule has 8 nitrogen and oxygen atoms in total. The van der Waals surface area contributed by atoms with Crippen molar-refractivity contribution in [2.75, 3.05) is 13.7 Å². The molecule has 0 spiro atoms. The summed E-state index contributed by atoms with van der Waals surface area (Å²) in [6, 6.07) is 1.90. The first-order valence-corrected chi connectivity index (χ1v) is 11.0. The van der Waals surface area contributed by atoms with E-state index in [2.05, 4.69) is 22.4 Å². The summed E-state index contributed by atoms with van der Waals surface area (Å²) < 4.78 is 21.2. The Bertz CT molecular complexity index is 1290. The lowest BCUT2D eigenvalue weighted by Gasteiger charge is -2.23. The standard InChI is InChI=1S/C25H29FN6O2/c1-6-18(9-22(34-5)20-12-28-29-13-20)21-14-32-24(30-17(4)16(3)25(32)33)23(31-21)19(10-26)8-7-15(2)11-27/h7-8,10,12,14,18,22,28-29H,2,6,9,13H2,1,3-5H3/b8-7-,19-10-/t18-,22+/m1/s1. The van der Waals surface area contributed by atoms with Crippen molar-refractivity contribution in [1.82, 2.24) is 25.2 Å². The fraction of sp³-hybridized carbons (Fsp3) is 0.360. The molecule has 0 aromatic carbocycles. The number of aryl methyl sites for hydroxylation is 1. The van der Waals surface area contributed by atoms with Gasteiger partial charge in [0.2, 0.25) is 0 Å². The third-order valence-electron chi connectivity index (χ3n) is 6.06. The molecule has 1 aliphatic heterocycles. The van der Waals surface area contributed by atoms with Crippen LogP contribution in [0, 0.1) is 25.2 Å². The Morgan fingerprint density at radius 1 is 1.41 bits per heavy atom. The summed E-state index contributed by atoms with van der Waals surface area (Å²) in [7, 11) is 1.66. The van der Waals surface area contributed by atoms with Crippen LogP contribution in [-0.4, -0.2) is 34.1 Å². The summed E-state index contributed by atoms with van der Waals surface area (Å²) in [5, 5.41) is 9.00. The van der Waals surface area contributed by atoms with Crippen molar-refractivity contribution in [3.8, 4) is 6.07 Å². The van der Waals surface area contributed by atoms with Crippen molar-refractivity contribution in [2.45, 2.75) is 45.6 Å². The Hall–Kier alpha value is -3.61. The van der Waals surface area contributed by atoms with Crippen molar-refractivity contribution in [3.05, 3.63) is 81.6 Å². The number of rotatable bonds is 9. The van der Waals surface area contributed by atoms with Gasteiger partial charge in [-0.1, -0.05) is 13.5 Å². The zero-order valence-electron chi connectivity index (χ0n) is 19.9. The fourth-order valence-electron chi connectivity index (χ4n) is 3.85. The number of hydrogen-bond acceptors (Lipinski definition) is 7.